The molecule has 3 nitrogen and oxygen atoms in total. The highest BCUT2D eigenvalue weighted by Crippen LogP contribution is 2.19. The molecule has 1 N–H and O–H groups in total. The number of nitrogens with zero attached hydrogens (tertiary/aromatic N) is 1. The van der Waals surface area contributed by atoms with Gasteiger partial charge in [0.2, 0.25) is 0 Å². The van der Waals surface area contributed by atoms with Crippen LogP contribution in [0.25, 0.3) is 0 Å². The summed E-state index contributed by atoms with van der Waals surface area (Å²) in [5.41, 5.74) is 0.252. The predicted octanol–water partition coefficient (Wildman–Crippen LogP) is 3.10. The first kappa shape index (κ1) is 15.9. The van der Waals surface area contributed by atoms with E-state index in [1.54, 1.807) is 4.90 Å². The predicted molar refractivity (Wildman–Crippen MR) is 73.9 cm³/mol. The van der Waals surface area contributed by atoms with E-state index in [0.717, 1.165) is 18.9 Å². The average Bonchev–Trinajstić information content (AvgIpc) is 2.41. The Bertz CT molecular complexity index is 435. The van der Waals surface area contributed by atoms with E-state index in [1.165, 1.54) is 12.1 Å². The van der Waals surface area contributed by atoms with Gasteiger partial charge < -0.3 is 10.0 Å². The molecular weight excluding hydrogens is 269 g/mol. The normalized spacial score (nSPS) is 10.8. The van der Waals surface area contributed by atoms with Crippen molar-refractivity contribution in [3.05, 3.63) is 34.6 Å². The van der Waals surface area contributed by atoms with Crippen molar-refractivity contribution in [1.29, 1.82) is 0 Å². The van der Waals surface area contributed by atoms with Crippen LogP contribution in [0.1, 0.15) is 37.0 Å². The minimum atomic E-state index is -0.610. The summed E-state index contributed by atoms with van der Waals surface area (Å²) >= 11 is 5.60. The van der Waals surface area contributed by atoms with Gasteiger partial charge in [0.1, 0.15) is 5.82 Å². The van der Waals surface area contributed by atoms with Crippen molar-refractivity contribution in [1.82, 2.24) is 4.90 Å². The third-order valence-corrected chi connectivity index (χ3v) is 3.46. The second kappa shape index (κ2) is 7.46. The van der Waals surface area contributed by atoms with Crippen LogP contribution in [0.2, 0.25) is 5.02 Å². The number of rotatable bonds is 6. The lowest BCUT2D eigenvalue weighted by molar-refractivity contribution is 0.0622. The number of aliphatic hydroxyl groups excluding tert-OH is 1. The lowest BCUT2D eigenvalue weighted by atomic mass is 10.1. The third-order valence-electron chi connectivity index (χ3n) is 3.15. The number of amides is 1. The SMILES string of the molecule is CCC(CC)N(CCO)C(=O)c1ccc(Cl)c(F)c1. The summed E-state index contributed by atoms with van der Waals surface area (Å²) in [5, 5.41) is 9.08. The molecule has 1 aromatic carbocycles. The summed E-state index contributed by atoms with van der Waals surface area (Å²) in [6.07, 6.45) is 1.58. The number of aliphatic hydroxyl groups is 1. The average molecular weight is 288 g/mol. The minimum Gasteiger partial charge on any atom is -0.395 e. The van der Waals surface area contributed by atoms with Crippen LogP contribution in [0.3, 0.4) is 0 Å². The lowest BCUT2D eigenvalue weighted by Crippen LogP contribution is -2.41. The van der Waals surface area contributed by atoms with E-state index in [9.17, 15) is 9.18 Å². The van der Waals surface area contributed by atoms with Crippen molar-refractivity contribution >= 4 is 17.5 Å². The Kier molecular flexibility index (Phi) is 6.25. The number of carbonyl (C=O) groups is 1. The van der Waals surface area contributed by atoms with Crippen LogP contribution in [0, 0.1) is 5.82 Å². The van der Waals surface area contributed by atoms with Crippen LogP contribution < -0.4 is 0 Å². The van der Waals surface area contributed by atoms with E-state index in [0.29, 0.717) is 0 Å². The van der Waals surface area contributed by atoms with Crippen LogP contribution >= 0.6 is 11.6 Å². The zero-order chi connectivity index (χ0) is 14.4. The first-order chi connectivity index (χ1) is 9.04. The Morgan fingerprint density at radius 3 is 2.53 bits per heavy atom. The summed E-state index contributed by atoms with van der Waals surface area (Å²) in [6, 6.07) is 4.05. The van der Waals surface area contributed by atoms with Crippen LogP contribution in [-0.4, -0.2) is 35.1 Å². The standard InChI is InChI=1S/C14H19ClFNO2/c1-3-11(4-2)17(7-8-18)14(19)10-5-6-12(15)13(16)9-10/h5-6,9,11,18H,3-4,7-8H2,1-2H3. The van der Waals surface area contributed by atoms with Crippen molar-refractivity contribution in [2.45, 2.75) is 32.7 Å². The largest absolute Gasteiger partial charge is 0.395 e. The molecule has 0 aliphatic carbocycles. The zero-order valence-electron chi connectivity index (χ0n) is 11.2. The molecule has 0 heterocycles. The highest BCUT2D eigenvalue weighted by atomic mass is 35.5. The van der Waals surface area contributed by atoms with Gasteiger partial charge in [0.15, 0.2) is 0 Å². The van der Waals surface area contributed by atoms with E-state index in [-0.39, 0.29) is 35.7 Å². The van der Waals surface area contributed by atoms with Gasteiger partial charge in [0, 0.05) is 18.2 Å². The summed E-state index contributed by atoms with van der Waals surface area (Å²) in [7, 11) is 0. The van der Waals surface area contributed by atoms with Gasteiger partial charge >= 0.3 is 0 Å². The number of hydrogen-bond acceptors (Lipinski definition) is 2. The molecule has 0 aromatic heterocycles. The van der Waals surface area contributed by atoms with Gasteiger partial charge in [0.25, 0.3) is 5.91 Å². The van der Waals surface area contributed by atoms with Gasteiger partial charge in [-0.15, -0.1) is 0 Å². The molecule has 1 rings (SSSR count). The van der Waals surface area contributed by atoms with Crippen LogP contribution in [0.5, 0.6) is 0 Å². The fraction of sp³-hybridized carbons (Fsp3) is 0.500. The number of benzene rings is 1. The Morgan fingerprint density at radius 2 is 2.05 bits per heavy atom. The van der Waals surface area contributed by atoms with Crippen LogP contribution in [-0.2, 0) is 0 Å². The second-order valence-corrected chi connectivity index (χ2v) is 4.73. The van der Waals surface area contributed by atoms with Gasteiger partial charge in [-0.3, -0.25) is 4.79 Å². The van der Waals surface area contributed by atoms with Gasteiger partial charge in [-0.05, 0) is 31.0 Å². The van der Waals surface area contributed by atoms with Gasteiger partial charge in [0.05, 0.1) is 11.6 Å². The molecule has 0 spiro atoms. The Hall–Kier alpha value is -1.13. The minimum absolute atomic E-state index is 0.00667. The Morgan fingerprint density at radius 1 is 1.42 bits per heavy atom. The molecule has 5 heteroatoms. The van der Waals surface area contributed by atoms with E-state index in [2.05, 4.69) is 0 Å². The number of hydrogen-bond donors (Lipinski definition) is 1. The molecule has 0 aliphatic rings. The maximum Gasteiger partial charge on any atom is 0.254 e. The molecule has 19 heavy (non-hydrogen) atoms. The molecule has 0 saturated heterocycles. The van der Waals surface area contributed by atoms with Crippen LogP contribution in [0.4, 0.5) is 4.39 Å². The summed E-state index contributed by atoms with van der Waals surface area (Å²) in [6.45, 7) is 4.09. The summed E-state index contributed by atoms with van der Waals surface area (Å²) in [4.78, 5) is 13.9. The first-order valence-electron chi connectivity index (χ1n) is 6.42. The molecule has 1 amide bonds. The van der Waals surface area contributed by atoms with Crippen molar-refractivity contribution in [2.24, 2.45) is 0 Å². The van der Waals surface area contributed by atoms with Gasteiger partial charge in [-0.1, -0.05) is 25.4 Å². The zero-order valence-corrected chi connectivity index (χ0v) is 12.0. The van der Waals surface area contributed by atoms with Crippen LogP contribution in [0.15, 0.2) is 18.2 Å². The fourth-order valence-electron chi connectivity index (χ4n) is 2.08. The molecule has 0 atom stereocenters. The van der Waals surface area contributed by atoms with Crippen molar-refractivity contribution in [2.75, 3.05) is 13.2 Å². The van der Waals surface area contributed by atoms with Crippen molar-refractivity contribution in [3.63, 3.8) is 0 Å². The van der Waals surface area contributed by atoms with E-state index < -0.39 is 5.82 Å². The van der Waals surface area contributed by atoms with Gasteiger partial charge in [-0.25, -0.2) is 4.39 Å². The topological polar surface area (TPSA) is 40.5 Å². The molecular formula is C14H19ClFNO2. The number of carbonyl (C=O) groups excluding carboxylic acids is 1. The summed E-state index contributed by atoms with van der Waals surface area (Å²) < 4.78 is 13.4. The van der Waals surface area contributed by atoms with E-state index >= 15 is 0 Å². The summed E-state index contributed by atoms with van der Waals surface area (Å²) in [5.74, 6) is -0.890. The number of halogens is 2. The highest BCUT2D eigenvalue weighted by molar-refractivity contribution is 6.30. The Labute approximate surface area is 118 Å². The maximum absolute atomic E-state index is 13.4. The molecule has 106 valence electrons. The quantitative estimate of drug-likeness (QED) is 0.873. The van der Waals surface area contributed by atoms with E-state index in [4.69, 9.17) is 16.7 Å². The third kappa shape index (κ3) is 3.91. The first-order valence-corrected chi connectivity index (χ1v) is 6.79. The Balaban J connectivity index is 3.01. The molecule has 1 aromatic rings. The smallest absolute Gasteiger partial charge is 0.254 e. The molecule has 0 saturated carbocycles. The molecule has 0 bridgehead atoms. The molecule has 0 radical (unpaired) electrons. The molecule has 0 fully saturated rings. The van der Waals surface area contributed by atoms with Gasteiger partial charge in [-0.2, -0.15) is 0 Å². The molecule has 0 aliphatic heterocycles. The lowest BCUT2D eigenvalue weighted by Gasteiger charge is -2.30. The highest BCUT2D eigenvalue weighted by Gasteiger charge is 2.22. The maximum atomic E-state index is 13.4. The second-order valence-electron chi connectivity index (χ2n) is 4.32. The van der Waals surface area contributed by atoms with E-state index in [1.807, 2.05) is 13.8 Å². The monoisotopic (exact) mass is 287 g/mol. The van der Waals surface area contributed by atoms with Crippen molar-refractivity contribution in [3.8, 4) is 0 Å². The fourth-order valence-corrected chi connectivity index (χ4v) is 2.20. The van der Waals surface area contributed by atoms with Crippen molar-refractivity contribution < 1.29 is 14.3 Å². The molecule has 0 unspecified atom stereocenters.